The number of hydrogen-bond acceptors (Lipinski definition) is 3. The van der Waals surface area contributed by atoms with Crippen molar-refractivity contribution in [1.82, 2.24) is 9.97 Å². The molecule has 2 rings (SSSR count). The number of hydrogen-bond donors (Lipinski definition) is 3. The summed E-state index contributed by atoms with van der Waals surface area (Å²) >= 11 is 0. The number of fused-ring (bicyclic) bond motifs is 1. The Labute approximate surface area is 74.2 Å². The number of aromatic nitrogens is 2. The van der Waals surface area contributed by atoms with Crippen LogP contribution in [0.5, 0.6) is 0 Å². The zero-order valence-corrected chi connectivity index (χ0v) is 7.31. The Bertz CT molecular complexity index is 432. The molecule has 1 aliphatic heterocycles. The first kappa shape index (κ1) is 8.10. The Hall–Kier alpha value is -1.52. The number of nitrogens with one attached hydrogen (secondary N) is 3. The van der Waals surface area contributed by atoms with Crippen LogP contribution in [0.4, 0.5) is 5.69 Å². The quantitative estimate of drug-likeness (QED) is 0.519. The Kier molecular flexibility index (Phi) is 1.72. The fraction of sp³-hybridized carbons (Fsp3) is 0.500. The predicted molar refractivity (Wildman–Crippen MR) is 49.1 cm³/mol. The van der Waals surface area contributed by atoms with Crippen molar-refractivity contribution in [2.24, 2.45) is 0 Å². The van der Waals surface area contributed by atoms with Gasteiger partial charge in [-0.15, -0.1) is 0 Å². The van der Waals surface area contributed by atoms with Crippen molar-refractivity contribution >= 4 is 5.69 Å². The molecule has 0 bridgehead atoms. The van der Waals surface area contributed by atoms with E-state index in [1.807, 2.05) is 6.92 Å². The molecule has 0 radical (unpaired) electrons. The van der Waals surface area contributed by atoms with Crippen molar-refractivity contribution in [1.29, 1.82) is 0 Å². The highest BCUT2D eigenvalue weighted by Crippen LogP contribution is 2.16. The van der Waals surface area contributed by atoms with Gasteiger partial charge in [-0.2, -0.15) is 0 Å². The first-order valence-corrected chi connectivity index (χ1v) is 4.29. The standard InChI is InChI=1S/C8H11N3O2/c1-4-2-3-5-6(9-4)7(12)11-8(13)10-5/h4,9H,2-3H2,1H3,(H2,10,11,12,13). The maximum Gasteiger partial charge on any atom is 0.326 e. The molecule has 2 heterocycles. The van der Waals surface area contributed by atoms with Crippen LogP contribution >= 0.6 is 0 Å². The topological polar surface area (TPSA) is 77.8 Å². The highest BCUT2D eigenvalue weighted by Gasteiger charge is 2.17. The average molecular weight is 181 g/mol. The van der Waals surface area contributed by atoms with Crippen LogP contribution in [0.25, 0.3) is 0 Å². The maximum absolute atomic E-state index is 11.3. The van der Waals surface area contributed by atoms with Gasteiger partial charge < -0.3 is 10.3 Å². The van der Waals surface area contributed by atoms with Crippen molar-refractivity contribution in [3.05, 3.63) is 26.5 Å². The van der Waals surface area contributed by atoms with Crippen LogP contribution in [0, 0.1) is 0 Å². The van der Waals surface area contributed by atoms with Gasteiger partial charge in [-0.3, -0.25) is 9.78 Å². The van der Waals surface area contributed by atoms with E-state index < -0.39 is 5.69 Å². The van der Waals surface area contributed by atoms with Crippen LogP contribution in [0.1, 0.15) is 19.0 Å². The lowest BCUT2D eigenvalue weighted by atomic mass is 10.1. The molecule has 5 heteroatoms. The Balaban J connectivity index is 2.60. The number of aromatic amines is 2. The second kappa shape index (κ2) is 2.76. The SMILES string of the molecule is CC1CCc2[nH]c(=O)[nH]c(=O)c2N1. The van der Waals surface area contributed by atoms with Gasteiger partial charge in [0.05, 0.1) is 0 Å². The van der Waals surface area contributed by atoms with Crippen LogP contribution in [0.2, 0.25) is 0 Å². The maximum atomic E-state index is 11.3. The molecule has 0 saturated carbocycles. The minimum absolute atomic E-state index is 0.291. The zero-order valence-electron chi connectivity index (χ0n) is 7.31. The molecular formula is C8H11N3O2. The third kappa shape index (κ3) is 1.37. The van der Waals surface area contributed by atoms with Crippen molar-refractivity contribution in [3.8, 4) is 0 Å². The third-order valence-corrected chi connectivity index (χ3v) is 2.24. The molecule has 1 aromatic rings. The Morgan fingerprint density at radius 2 is 2.08 bits per heavy atom. The minimum Gasteiger partial charge on any atom is -0.377 e. The fourth-order valence-corrected chi connectivity index (χ4v) is 1.55. The van der Waals surface area contributed by atoms with E-state index in [-0.39, 0.29) is 5.56 Å². The lowest BCUT2D eigenvalue weighted by Gasteiger charge is -2.21. The van der Waals surface area contributed by atoms with Gasteiger partial charge >= 0.3 is 5.69 Å². The van der Waals surface area contributed by atoms with Crippen LogP contribution in [-0.2, 0) is 6.42 Å². The summed E-state index contributed by atoms with van der Waals surface area (Å²) < 4.78 is 0. The van der Waals surface area contributed by atoms with Crippen LogP contribution in [-0.4, -0.2) is 16.0 Å². The molecule has 70 valence electrons. The first-order valence-electron chi connectivity index (χ1n) is 4.29. The summed E-state index contributed by atoms with van der Waals surface area (Å²) in [6.07, 6.45) is 1.69. The summed E-state index contributed by atoms with van der Waals surface area (Å²) in [4.78, 5) is 27.0. The molecule has 1 aliphatic rings. The molecule has 0 spiro atoms. The second-order valence-electron chi connectivity index (χ2n) is 3.35. The summed E-state index contributed by atoms with van der Waals surface area (Å²) in [6.45, 7) is 2.01. The molecule has 0 amide bonds. The Morgan fingerprint density at radius 1 is 1.31 bits per heavy atom. The molecule has 0 fully saturated rings. The van der Waals surface area contributed by atoms with Gasteiger partial charge in [-0.25, -0.2) is 4.79 Å². The minimum atomic E-state index is -0.430. The van der Waals surface area contributed by atoms with Gasteiger partial charge in [0.2, 0.25) is 0 Å². The van der Waals surface area contributed by atoms with Crippen LogP contribution in [0.3, 0.4) is 0 Å². The van der Waals surface area contributed by atoms with Gasteiger partial charge in [-0.1, -0.05) is 0 Å². The van der Waals surface area contributed by atoms with E-state index in [1.165, 1.54) is 0 Å². The van der Waals surface area contributed by atoms with Gasteiger partial charge in [0.1, 0.15) is 5.69 Å². The third-order valence-electron chi connectivity index (χ3n) is 2.24. The van der Waals surface area contributed by atoms with E-state index >= 15 is 0 Å². The molecule has 5 nitrogen and oxygen atoms in total. The molecular weight excluding hydrogens is 170 g/mol. The van der Waals surface area contributed by atoms with Crippen molar-refractivity contribution in [3.63, 3.8) is 0 Å². The molecule has 1 unspecified atom stereocenters. The zero-order chi connectivity index (χ0) is 9.42. The van der Waals surface area contributed by atoms with E-state index in [4.69, 9.17) is 0 Å². The smallest absolute Gasteiger partial charge is 0.326 e. The van der Waals surface area contributed by atoms with Crippen LogP contribution in [0.15, 0.2) is 9.59 Å². The highest BCUT2D eigenvalue weighted by atomic mass is 16.2. The van der Waals surface area contributed by atoms with Crippen molar-refractivity contribution in [2.45, 2.75) is 25.8 Å². The summed E-state index contributed by atoms with van der Waals surface area (Å²) in [7, 11) is 0. The molecule has 3 N–H and O–H groups in total. The second-order valence-corrected chi connectivity index (χ2v) is 3.35. The molecule has 1 atom stereocenters. The van der Waals surface area contributed by atoms with Gasteiger partial charge in [0, 0.05) is 11.7 Å². The number of aryl methyl sites for hydroxylation is 1. The average Bonchev–Trinajstić information content (AvgIpc) is 2.06. The molecule has 13 heavy (non-hydrogen) atoms. The largest absolute Gasteiger partial charge is 0.377 e. The normalized spacial score (nSPS) is 20.5. The van der Waals surface area contributed by atoms with Gasteiger partial charge in [-0.05, 0) is 19.8 Å². The fourth-order valence-electron chi connectivity index (χ4n) is 1.55. The van der Waals surface area contributed by atoms with E-state index in [0.29, 0.717) is 17.4 Å². The number of rotatable bonds is 0. The lowest BCUT2D eigenvalue weighted by Crippen LogP contribution is -2.33. The first-order chi connectivity index (χ1) is 6.16. The summed E-state index contributed by atoms with van der Waals surface area (Å²) in [5, 5.41) is 3.04. The van der Waals surface area contributed by atoms with E-state index in [0.717, 1.165) is 12.8 Å². The van der Waals surface area contributed by atoms with Crippen LogP contribution < -0.4 is 16.6 Å². The predicted octanol–water partition coefficient (Wildman–Crippen LogP) is -0.190. The molecule has 1 aromatic heterocycles. The summed E-state index contributed by atoms with van der Waals surface area (Å²) in [5.41, 5.74) is 0.468. The lowest BCUT2D eigenvalue weighted by molar-refractivity contribution is 0.658. The molecule has 0 aromatic carbocycles. The van der Waals surface area contributed by atoms with Crippen molar-refractivity contribution < 1.29 is 0 Å². The summed E-state index contributed by atoms with van der Waals surface area (Å²) in [5.74, 6) is 0. The van der Waals surface area contributed by atoms with E-state index in [9.17, 15) is 9.59 Å². The molecule has 0 saturated heterocycles. The number of H-pyrrole nitrogens is 2. The monoisotopic (exact) mass is 181 g/mol. The molecule has 0 aliphatic carbocycles. The Morgan fingerprint density at radius 3 is 2.85 bits per heavy atom. The van der Waals surface area contributed by atoms with Gasteiger partial charge in [0.15, 0.2) is 0 Å². The van der Waals surface area contributed by atoms with Crippen molar-refractivity contribution in [2.75, 3.05) is 5.32 Å². The number of anilines is 1. The highest BCUT2D eigenvalue weighted by molar-refractivity contribution is 5.48. The van der Waals surface area contributed by atoms with E-state index in [1.54, 1.807) is 0 Å². The summed E-state index contributed by atoms with van der Waals surface area (Å²) in [6, 6.07) is 0.291. The van der Waals surface area contributed by atoms with E-state index in [2.05, 4.69) is 15.3 Å². The van der Waals surface area contributed by atoms with Gasteiger partial charge in [0.25, 0.3) is 5.56 Å².